The number of ether oxygens (including phenoxy) is 1. The van der Waals surface area contributed by atoms with E-state index in [0.717, 1.165) is 23.5 Å². The Kier molecular flexibility index (Phi) is 5.75. The number of aryl methyl sites for hydroxylation is 1. The maximum atomic E-state index is 5.95. The summed E-state index contributed by atoms with van der Waals surface area (Å²) in [6, 6.07) is 13.7. The number of benzene rings is 2. The van der Waals surface area contributed by atoms with Crippen molar-refractivity contribution >= 4 is 23.2 Å². The third kappa shape index (κ3) is 4.16. The summed E-state index contributed by atoms with van der Waals surface area (Å²) in [5.41, 5.74) is 2.24. The van der Waals surface area contributed by atoms with E-state index in [1.807, 2.05) is 30.3 Å². The van der Waals surface area contributed by atoms with Crippen molar-refractivity contribution in [3.8, 4) is 11.5 Å². The Labute approximate surface area is 130 Å². The van der Waals surface area contributed by atoms with E-state index >= 15 is 0 Å². The highest BCUT2D eigenvalue weighted by Crippen LogP contribution is 2.29. The highest BCUT2D eigenvalue weighted by atomic mass is 35.5. The van der Waals surface area contributed by atoms with Crippen LogP contribution in [0.5, 0.6) is 11.5 Å². The van der Waals surface area contributed by atoms with Crippen LogP contribution >= 0.6 is 23.2 Å². The molecule has 106 valence electrons. The molecule has 1 nitrogen and oxygen atoms in total. The Bertz CT molecular complexity index is 549. The molecule has 3 heteroatoms. The summed E-state index contributed by atoms with van der Waals surface area (Å²) >= 11 is 11.9. The van der Waals surface area contributed by atoms with Crippen molar-refractivity contribution in [1.82, 2.24) is 0 Å². The van der Waals surface area contributed by atoms with Crippen LogP contribution in [0.3, 0.4) is 0 Å². The normalized spacial score (nSPS) is 10.6. The molecular formula is C17H18Cl2O. The molecule has 2 aromatic rings. The van der Waals surface area contributed by atoms with Crippen molar-refractivity contribution in [3.63, 3.8) is 0 Å². The molecule has 0 spiro atoms. The molecule has 0 unspecified atom stereocenters. The maximum Gasteiger partial charge on any atom is 0.131 e. The van der Waals surface area contributed by atoms with Crippen molar-refractivity contribution in [2.45, 2.75) is 32.1 Å². The molecule has 0 heterocycles. The van der Waals surface area contributed by atoms with Crippen molar-refractivity contribution in [3.05, 3.63) is 58.6 Å². The van der Waals surface area contributed by atoms with Crippen LogP contribution in [0.25, 0.3) is 0 Å². The molecule has 0 fully saturated rings. The summed E-state index contributed by atoms with van der Waals surface area (Å²) in [7, 11) is 0. The van der Waals surface area contributed by atoms with E-state index in [4.69, 9.17) is 27.9 Å². The van der Waals surface area contributed by atoms with E-state index in [0.29, 0.717) is 10.9 Å². The van der Waals surface area contributed by atoms with Gasteiger partial charge in [-0.15, -0.1) is 11.6 Å². The molecule has 0 aliphatic carbocycles. The lowest BCUT2D eigenvalue weighted by Gasteiger charge is -2.10. The number of halogens is 2. The lowest BCUT2D eigenvalue weighted by Crippen LogP contribution is -1.90. The van der Waals surface area contributed by atoms with E-state index in [-0.39, 0.29) is 0 Å². The lowest BCUT2D eigenvalue weighted by molar-refractivity contribution is 0.478. The smallest absolute Gasteiger partial charge is 0.131 e. The fourth-order valence-electron chi connectivity index (χ4n) is 1.98. The second-order valence-electron chi connectivity index (χ2n) is 4.74. The first-order valence-corrected chi connectivity index (χ1v) is 7.75. The zero-order chi connectivity index (χ0) is 14.4. The Morgan fingerprint density at radius 2 is 1.80 bits per heavy atom. The van der Waals surface area contributed by atoms with Gasteiger partial charge in [-0.3, -0.25) is 0 Å². The Balaban J connectivity index is 2.10. The van der Waals surface area contributed by atoms with E-state index in [1.54, 1.807) is 0 Å². The van der Waals surface area contributed by atoms with Gasteiger partial charge in [0.15, 0.2) is 0 Å². The number of alkyl halides is 1. The summed E-state index contributed by atoms with van der Waals surface area (Å²) in [6.07, 6.45) is 3.54. The van der Waals surface area contributed by atoms with Crippen LogP contribution in [0.15, 0.2) is 42.5 Å². The van der Waals surface area contributed by atoms with Gasteiger partial charge in [-0.1, -0.05) is 37.1 Å². The monoisotopic (exact) mass is 308 g/mol. The minimum Gasteiger partial charge on any atom is -0.457 e. The molecule has 0 amide bonds. The second-order valence-corrected chi connectivity index (χ2v) is 5.44. The third-order valence-electron chi connectivity index (χ3n) is 3.14. The first-order chi connectivity index (χ1) is 9.72. The summed E-state index contributed by atoms with van der Waals surface area (Å²) in [5, 5.41) is 0.669. The van der Waals surface area contributed by atoms with Crippen molar-refractivity contribution < 1.29 is 4.74 Å². The van der Waals surface area contributed by atoms with E-state index in [2.05, 4.69) is 19.1 Å². The zero-order valence-corrected chi connectivity index (χ0v) is 13.0. The molecule has 0 aliphatic heterocycles. The predicted octanol–water partition coefficient (Wildman–Crippen LogP) is 6.21. The topological polar surface area (TPSA) is 9.23 Å². The molecular weight excluding hydrogens is 291 g/mol. The van der Waals surface area contributed by atoms with Crippen molar-refractivity contribution in [1.29, 1.82) is 0 Å². The van der Waals surface area contributed by atoms with E-state index in [9.17, 15) is 0 Å². The average Bonchev–Trinajstić information content (AvgIpc) is 2.48. The number of hydrogen-bond acceptors (Lipinski definition) is 1. The van der Waals surface area contributed by atoms with Crippen LogP contribution in [0.1, 0.15) is 30.9 Å². The molecule has 0 radical (unpaired) electrons. The molecule has 0 aliphatic rings. The van der Waals surface area contributed by atoms with Gasteiger partial charge in [0.25, 0.3) is 0 Å². The summed E-state index contributed by atoms with van der Waals surface area (Å²) in [6.45, 7) is 2.20. The zero-order valence-electron chi connectivity index (χ0n) is 11.5. The van der Waals surface area contributed by atoms with Crippen LogP contribution in [0.2, 0.25) is 5.02 Å². The Morgan fingerprint density at radius 3 is 2.45 bits per heavy atom. The average molecular weight is 309 g/mol. The quantitative estimate of drug-likeness (QED) is 0.576. The van der Waals surface area contributed by atoms with Crippen LogP contribution < -0.4 is 4.74 Å². The minimum absolute atomic E-state index is 0.379. The first-order valence-electron chi connectivity index (χ1n) is 6.84. The van der Waals surface area contributed by atoms with Gasteiger partial charge in [0.1, 0.15) is 11.5 Å². The molecule has 20 heavy (non-hydrogen) atoms. The van der Waals surface area contributed by atoms with Gasteiger partial charge in [0.05, 0.1) is 5.88 Å². The molecule has 2 aromatic carbocycles. The van der Waals surface area contributed by atoms with Gasteiger partial charge in [-0.05, 0) is 48.7 Å². The SMILES string of the molecule is CCCCc1ccc(Oc2ccc(Cl)cc2CCl)cc1. The molecule has 0 N–H and O–H groups in total. The van der Waals surface area contributed by atoms with E-state index in [1.165, 1.54) is 18.4 Å². The Morgan fingerprint density at radius 1 is 1.05 bits per heavy atom. The fourth-order valence-corrected chi connectivity index (χ4v) is 2.39. The molecule has 0 saturated heterocycles. The number of unbranched alkanes of at least 4 members (excludes halogenated alkanes) is 1. The highest BCUT2D eigenvalue weighted by molar-refractivity contribution is 6.30. The molecule has 0 aromatic heterocycles. The van der Waals surface area contributed by atoms with Crippen LogP contribution in [0.4, 0.5) is 0 Å². The van der Waals surface area contributed by atoms with Crippen LogP contribution in [-0.4, -0.2) is 0 Å². The Hall–Kier alpha value is -1.18. The molecule has 0 bridgehead atoms. The maximum absolute atomic E-state index is 5.95. The largest absolute Gasteiger partial charge is 0.457 e. The summed E-state index contributed by atoms with van der Waals surface area (Å²) in [5.74, 6) is 1.95. The van der Waals surface area contributed by atoms with E-state index < -0.39 is 0 Å². The lowest BCUT2D eigenvalue weighted by atomic mass is 10.1. The minimum atomic E-state index is 0.379. The fraction of sp³-hybridized carbons (Fsp3) is 0.294. The molecule has 2 rings (SSSR count). The summed E-state index contributed by atoms with van der Waals surface area (Å²) in [4.78, 5) is 0. The van der Waals surface area contributed by atoms with Crippen LogP contribution in [-0.2, 0) is 12.3 Å². The highest BCUT2D eigenvalue weighted by Gasteiger charge is 2.05. The second kappa shape index (κ2) is 7.56. The first kappa shape index (κ1) is 15.2. The van der Waals surface area contributed by atoms with Gasteiger partial charge in [-0.25, -0.2) is 0 Å². The molecule has 0 saturated carbocycles. The van der Waals surface area contributed by atoms with Gasteiger partial charge >= 0.3 is 0 Å². The van der Waals surface area contributed by atoms with Gasteiger partial charge in [0, 0.05) is 10.6 Å². The van der Waals surface area contributed by atoms with Crippen molar-refractivity contribution in [2.75, 3.05) is 0 Å². The third-order valence-corrected chi connectivity index (χ3v) is 3.66. The van der Waals surface area contributed by atoms with Gasteiger partial charge < -0.3 is 4.74 Å². The van der Waals surface area contributed by atoms with Gasteiger partial charge in [-0.2, -0.15) is 0 Å². The number of hydrogen-bond donors (Lipinski definition) is 0. The predicted molar refractivity (Wildman–Crippen MR) is 86.1 cm³/mol. The van der Waals surface area contributed by atoms with Crippen molar-refractivity contribution in [2.24, 2.45) is 0 Å². The van der Waals surface area contributed by atoms with Crippen LogP contribution in [0, 0.1) is 0 Å². The number of rotatable bonds is 6. The van der Waals surface area contributed by atoms with Gasteiger partial charge in [0.2, 0.25) is 0 Å². The molecule has 0 atom stereocenters. The summed E-state index contributed by atoms with van der Waals surface area (Å²) < 4.78 is 5.87. The standard InChI is InChI=1S/C17H18Cl2O/c1-2-3-4-13-5-8-16(9-6-13)20-17-10-7-15(19)11-14(17)12-18/h5-11H,2-4,12H2,1H3.